The minimum atomic E-state index is -0.928. The topological polar surface area (TPSA) is 82.6 Å². The quantitative estimate of drug-likeness (QED) is 0.654. The Morgan fingerprint density at radius 1 is 1.03 bits per heavy atom. The number of hydrogen-bond acceptors (Lipinski definition) is 4. The number of urea groups is 1. The lowest BCUT2D eigenvalue weighted by Crippen LogP contribution is -2.51. The minimum absolute atomic E-state index is 0.276. The number of aromatic nitrogens is 1. The molecule has 2 heterocycles. The highest BCUT2D eigenvalue weighted by Crippen LogP contribution is 2.43. The lowest BCUT2D eigenvalue weighted by atomic mass is 9.80. The molecule has 2 aliphatic rings. The van der Waals surface area contributed by atoms with E-state index in [0.29, 0.717) is 18.5 Å². The van der Waals surface area contributed by atoms with Crippen LogP contribution in [0.3, 0.4) is 0 Å². The Balaban J connectivity index is 1.62. The van der Waals surface area contributed by atoms with E-state index in [4.69, 9.17) is 0 Å². The van der Waals surface area contributed by atoms with E-state index in [1.54, 1.807) is 11.1 Å². The Labute approximate surface area is 195 Å². The van der Waals surface area contributed by atoms with E-state index in [1.165, 1.54) is 0 Å². The molecule has 33 heavy (non-hydrogen) atoms. The van der Waals surface area contributed by atoms with Crippen molar-refractivity contribution in [1.29, 1.82) is 0 Å². The van der Waals surface area contributed by atoms with Crippen molar-refractivity contribution in [1.82, 2.24) is 9.88 Å². The molecule has 1 aromatic heterocycles. The van der Waals surface area contributed by atoms with E-state index < -0.39 is 11.6 Å². The summed E-state index contributed by atoms with van der Waals surface area (Å²) in [4.78, 5) is 47.3. The molecule has 1 spiro atoms. The Morgan fingerprint density at radius 3 is 2.27 bits per heavy atom. The molecule has 1 aliphatic heterocycles. The summed E-state index contributed by atoms with van der Waals surface area (Å²) in [7, 11) is 0. The highest BCUT2D eigenvalue weighted by Gasteiger charge is 2.58. The standard InChI is InChI=1S/C26H32N4O3/c1-4-19-10-9-11-20(5-2)23(19)28-22(31)17-29-24(32)26(14-7-6-8-15-26)30(25(29)33)21-13-12-18(3)27-16-21/h9-13,16H,4-8,14-15,17H2,1-3H3,(H,28,31). The monoisotopic (exact) mass is 448 g/mol. The van der Waals surface area contributed by atoms with Crippen molar-refractivity contribution in [3.63, 3.8) is 0 Å². The SMILES string of the molecule is CCc1cccc(CC)c1NC(=O)CN1C(=O)N(c2ccc(C)nc2)C2(CCCCC2)C1=O. The number of aryl methyl sites for hydroxylation is 3. The summed E-state index contributed by atoms with van der Waals surface area (Å²) in [6.45, 7) is 5.67. The van der Waals surface area contributed by atoms with Gasteiger partial charge < -0.3 is 5.32 Å². The molecule has 1 saturated heterocycles. The molecular weight excluding hydrogens is 416 g/mol. The Morgan fingerprint density at radius 2 is 1.70 bits per heavy atom. The molecule has 1 aromatic carbocycles. The second-order valence-electron chi connectivity index (χ2n) is 8.97. The molecule has 1 N–H and O–H groups in total. The van der Waals surface area contributed by atoms with Crippen LogP contribution in [0.25, 0.3) is 0 Å². The van der Waals surface area contributed by atoms with E-state index in [1.807, 2.05) is 51.1 Å². The smallest absolute Gasteiger partial charge is 0.324 e. The molecule has 4 rings (SSSR count). The Bertz CT molecular complexity index is 1040. The zero-order valence-corrected chi connectivity index (χ0v) is 19.7. The number of para-hydroxylation sites is 1. The predicted octanol–water partition coefficient (Wildman–Crippen LogP) is 4.63. The second-order valence-corrected chi connectivity index (χ2v) is 8.97. The third-order valence-electron chi connectivity index (χ3n) is 6.89. The highest BCUT2D eigenvalue weighted by molar-refractivity contribution is 6.18. The van der Waals surface area contributed by atoms with E-state index in [-0.39, 0.29) is 18.4 Å². The first-order valence-electron chi connectivity index (χ1n) is 11.9. The van der Waals surface area contributed by atoms with Crippen LogP contribution in [0, 0.1) is 6.92 Å². The van der Waals surface area contributed by atoms with Crippen LogP contribution in [0.4, 0.5) is 16.2 Å². The van der Waals surface area contributed by atoms with Gasteiger partial charge in [-0.05, 0) is 55.9 Å². The van der Waals surface area contributed by atoms with Gasteiger partial charge in [-0.15, -0.1) is 0 Å². The lowest BCUT2D eigenvalue weighted by molar-refractivity contribution is -0.134. The van der Waals surface area contributed by atoms with E-state index >= 15 is 0 Å². The van der Waals surface area contributed by atoms with Gasteiger partial charge in [0.15, 0.2) is 0 Å². The number of imide groups is 1. The fraction of sp³-hybridized carbons (Fsp3) is 0.462. The van der Waals surface area contributed by atoms with Crippen LogP contribution in [0.1, 0.15) is 62.8 Å². The second kappa shape index (κ2) is 9.33. The van der Waals surface area contributed by atoms with Crippen molar-refractivity contribution < 1.29 is 14.4 Å². The van der Waals surface area contributed by atoms with Gasteiger partial charge in [0.25, 0.3) is 5.91 Å². The maximum atomic E-state index is 13.6. The molecule has 7 nitrogen and oxygen atoms in total. The number of nitrogens with one attached hydrogen (secondary N) is 1. The molecule has 0 unspecified atom stereocenters. The van der Waals surface area contributed by atoms with E-state index in [9.17, 15) is 14.4 Å². The summed E-state index contributed by atoms with van der Waals surface area (Å²) in [6, 6.07) is 9.20. The largest absolute Gasteiger partial charge is 0.332 e. The molecule has 0 bridgehead atoms. The zero-order valence-electron chi connectivity index (χ0n) is 19.7. The van der Waals surface area contributed by atoms with E-state index in [2.05, 4.69) is 10.3 Å². The number of anilines is 2. The number of benzene rings is 1. The minimum Gasteiger partial charge on any atom is -0.324 e. The van der Waals surface area contributed by atoms with Crippen molar-refractivity contribution in [2.45, 2.75) is 71.3 Å². The molecule has 7 heteroatoms. The number of hydrogen-bond donors (Lipinski definition) is 1. The molecule has 1 saturated carbocycles. The Kier molecular flexibility index (Phi) is 6.49. The lowest BCUT2D eigenvalue weighted by Gasteiger charge is -2.38. The maximum Gasteiger partial charge on any atom is 0.332 e. The first kappa shape index (κ1) is 23.0. The van der Waals surface area contributed by atoms with Crippen molar-refractivity contribution in [2.24, 2.45) is 0 Å². The number of rotatable bonds is 6. The fourth-order valence-corrected chi connectivity index (χ4v) is 5.13. The molecule has 1 aliphatic carbocycles. The zero-order chi connectivity index (χ0) is 23.6. The molecule has 174 valence electrons. The number of amides is 4. The summed E-state index contributed by atoms with van der Waals surface area (Å²) >= 11 is 0. The van der Waals surface area contributed by atoms with Gasteiger partial charge >= 0.3 is 6.03 Å². The van der Waals surface area contributed by atoms with Crippen molar-refractivity contribution in [2.75, 3.05) is 16.8 Å². The summed E-state index contributed by atoms with van der Waals surface area (Å²) < 4.78 is 0. The average molecular weight is 449 g/mol. The van der Waals surface area contributed by atoms with Crippen LogP contribution < -0.4 is 10.2 Å². The third-order valence-corrected chi connectivity index (χ3v) is 6.89. The van der Waals surface area contributed by atoms with Crippen LogP contribution >= 0.6 is 0 Å². The molecule has 0 radical (unpaired) electrons. The average Bonchev–Trinajstić information content (AvgIpc) is 3.01. The predicted molar refractivity (Wildman–Crippen MR) is 128 cm³/mol. The molecule has 2 fully saturated rings. The van der Waals surface area contributed by atoms with Crippen LogP contribution in [0.2, 0.25) is 0 Å². The molecule has 2 aromatic rings. The fourth-order valence-electron chi connectivity index (χ4n) is 5.13. The molecule has 4 amide bonds. The van der Waals surface area contributed by atoms with E-state index in [0.717, 1.165) is 59.5 Å². The van der Waals surface area contributed by atoms with Crippen LogP contribution in [-0.2, 0) is 22.4 Å². The highest BCUT2D eigenvalue weighted by atomic mass is 16.2. The van der Waals surface area contributed by atoms with Gasteiger partial charge in [-0.1, -0.05) is 51.3 Å². The number of carbonyl (C=O) groups is 3. The van der Waals surface area contributed by atoms with Gasteiger partial charge in [0, 0.05) is 11.4 Å². The first-order valence-corrected chi connectivity index (χ1v) is 11.9. The van der Waals surface area contributed by atoms with Gasteiger partial charge in [0.05, 0.1) is 11.9 Å². The number of nitrogens with zero attached hydrogens (tertiary/aromatic N) is 3. The van der Waals surface area contributed by atoms with Crippen LogP contribution in [-0.4, -0.2) is 39.8 Å². The Hall–Kier alpha value is -3.22. The number of carbonyl (C=O) groups excluding carboxylic acids is 3. The molecular formula is C26H32N4O3. The van der Waals surface area contributed by atoms with Crippen molar-refractivity contribution in [3.05, 3.63) is 53.3 Å². The summed E-state index contributed by atoms with van der Waals surface area (Å²) in [5.41, 5.74) is 3.39. The van der Waals surface area contributed by atoms with Crippen LogP contribution in [0.15, 0.2) is 36.5 Å². The first-order chi connectivity index (χ1) is 15.9. The summed E-state index contributed by atoms with van der Waals surface area (Å²) in [5.74, 6) is -0.635. The van der Waals surface area contributed by atoms with Gasteiger partial charge in [-0.25, -0.2) is 4.79 Å². The number of pyridine rings is 1. The summed E-state index contributed by atoms with van der Waals surface area (Å²) in [6.07, 6.45) is 7.19. The normalized spacial score (nSPS) is 17.7. The van der Waals surface area contributed by atoms with Crippen LogP contribution in [0.5, 0.6) is 0 Å². The molecule has 0 atom stereocenters. The maximum absolute atomic E-state index is 13.6. The van der Waals surface area contributed by atoms with Gasteiger partial charge in [-0.3, -0.25) is 24.4 Å². The van der Waals surface area contributed by atoms with Gasteiger partial charge in [0.1, 0.15) is 12.1 Å². The van der Waals surface area contributed by atoms with Gasteiger partial charge in [0.2, 0.25) is 5.91 Å². The third kappa shape index (κ3) is 4.12. The summed E-state index contributed by atoms with van der Waals surface area (Å²) in [5, 5.41) is 2.99. The van der Waals surface area contributed by atoms with Crippen molar-refractivity contribution >= 4 is 29.2 Å². The van der Waals surface area contributed by atoms with Crippen molar-refractivity contribution in [3.8, 4) is 0 Å². The van der Waals surface area contributed by atoms with Gasteiger partial charge in [-0.2, -0.15) is 0 Å².